The topological polar surface area (TPSA) is 59.0 Å². The van der Waals surface area contributed by atoms with Crippen molar-refractivity contribution in [2.24, 2.45) is 0 Å². The van der Waals surface area contributed by atoms with Crippen molar-refractivity contribution < 1.29 is 0 Å². The number of nitrogens with zero attached hydrogens (tertiary/aromatic N) is 5. The predicted molar refractivity (Wildman–Crippen MR) is 438 cm³/mol. The summed E-state index contributed by atoms with van der Waals surface area (Å²) >= 11 is 0. The van der Waals surface area contributed by atoms with Crippen LogP contribution in [0.2, 0.25) is 0 Å². The predicted octanol–water partition coefficient (Wildman–Crippen LogP) is 24.2. The van der Waals surface area contributed by atoms with Gasteiger partial charge in [0, 0.05) is 61.5 Å². The van der Waals surface area contributed by atoms with E-state index in [1.165, 1.54) is 38.4 Å². The van der Waals surface area contributed by atoms with Crippen molar-refractivity contribution in [1.82, 2.24) is 4.57 Å². The van der Waals surface area contributed by atoms with E-state index in [4.69, 9.17) is 0 Å². The highest BCUT2D eigenvalue weighted by Gasteiger charge is 2.46. The Balaban J connectivity index is 1.08. The van der Waals surface area contributed by atoms with Gasteiger partial charge in [0.25, 0.3) is 6.71 Å². The van der Waals surface area contributed by atoms with Gasteiger partial charge in [0.15, 0.2) is 0 Å². The van der Waals surface area contributed by atoms with Crippen LogP contribution in [0.25, 0.3) is 105 Å². The first-order valence-corrected chi connectivity index (χ1v) is 36.2. The number of nitriles is 2. The molecule has 14 aromatic carbocycles. The fourth-order valence-corrected chi connectivity index (χ4v) is 16.2. The lowest BCUT2D eigenvalue weighted by molar-refractivity contribution is 0.590. The summed E-state index contributed by atoms with van der Waals surface area (Å²) in [4.78, 5) is 5.31. The van der Waals surface area contributed by atoms with Gasteiger partial charge in [-0.05, 0) is 184 Å². The van der Waals surface area contributed by atoms with Crippen LogP contribution < -0.4 is 26.2 Å². The van der Waals surface area contributed by atoms with Gasteiger partial charge >= 0.3 is 0 Å². The van der Waals surface area contributed by atoms with Crippen LogP contribution in [-0.4, -0.2) is 11.3 Å². The number of rotatable bonds is 10. The van der Waals surface area contributed by atoms with Crippen LogP contribution in [0.1, 0.15) is 90.1 Å². The summed E-state index contributed by atoms with van der Waals surface area (Å²) in [6.45, 7) is 20.5. The molecular formula is C98H78BN5. The van der Waals surface area contributed by atoms with Crippen molar-refractivity contribution in [2.45, 2.75) is 78.6 Å². The lowest BCUT2D eigenvalue weighted by atomic mass is 9.33. The molecule has 2 aliphatic heterocycles. The molecule has 3 heterocycles. The highest BCUT2D eigenvalue weighted by molar-refractivity contribution is 7.00. The highest BCUT2D eigenvalue weighted by Crippen LogP contribution is 2.56. The molecule has 15 aromatic rings. The van der Waals surface area contributed by atoms with E-state index in [0.29, 0.717) is 11.1 Å². The Morgan fingerprint density at radius 1 is 0.279 bits per heavy atom. The molecule has 17 rings (SSSR count). The van der Waals surface area contributed by atoms with Gasteiger partial charge in [0.05, 0.1) is 45.7 Å². The second-order valence-corrected chi connectivity index (χ2v) is 31.1. The minimum atomic E-state index is -0.399. The third kappa shape index (κ3) is 11.1. The minimum absolute atomic E-state index is 0.180. The second kappa shape index (κ2) is 25.2. The zero-order chi connectivity index (χ0) is 71.3. The van der Waals surface area contributed by atoms with Crippen molar-refractivity contribution >= 4 is 79.0 Å². The summed E-state index contributed by atoms with van der Waals surface area (Å²) in [6.07, 6.45) is 0. The monoisotopic (exact) mass is 1340 g/mol. The molecule has 0 aliphatic carbocycles. The Kier molecular flexibility index (Phi) is 15.7. The van der Waals surface area contributed by atoms with Crippen molar-refractivity contribution in [1.29, 1.82) is 10.5 Å². The molecule has 0 saturated heterocycles. The zero-order valence-corrected chi connectivity index (χ0v) is 60.3. The van der Waals surface area contributed by atoms with Crippen LogP contribution in [-0.2, 0) is 16.2 Å². The van der Waals surface area contributed by atoms with Crippen molar-refractivity contribution in [3.63, 3.8) is 0 Å². The molecule has 2 aliphatic rings. The van der Waals surface area contributed by atoms with E-state index in [0.717, 1.165) is 134 Å². The molecule has 0 bridgehead atoms. The third-order valence-corrected chi connectivity index (χ3v) is 21.5. The molecule has 1 aromatic heterocycles. The van der Waals surface area contributed by atoms with E-state index in [9.17, 15) is 10.5 Å². The van der Waals surface area contributed by atoms with Gasteiger partial charge < -0.3 is 14.4 Å². The average molecular weight is 1340 g/mol. The SMILES string of the molecule is CC(C)(C)c1cccc(-c2cc(-c3ccccc3C#N)cc(-c3ccccc3)c2N2c3cc(-c4ccccc4)ccc3B3c4ccc(-n5c6ccccc6c6ccccc65)cc4N(c4c(-c5ccccc5)cc(-c5ccccc5C#N)cc4-c4cccc(C(C)(C)C)c4)c4cc(C(C)(C)C)cc2c43)c1. The molecule has 0 unspecified atom stereocenters. The summed E-state index contributed by atoms with van der Waals surface area (Å²) < 4.78 is 2.46. The summed E-state index contributed by atoms with van der Waals surface area (Å²) in [5, 5.41) is 24.4. The van der Waals surface area contributed by atoms with Crippen molar-refractivity contribution in [2.75, 3.05) is 9.80 Å². The Hall–Kier alpha value is -12.5. The molecule has 498 valence electrons. The van der Waals surface area contributed by atoms with E-state index in [1.54, 1.807) is 0 Å². The Morgan fingerprint density at radius 3 is 1.12 bits per heavy atom. The van der Waals surface area contributed by atoms with E-state index >= 15 is 0 Å². The molecule has 0 radical (unpaired) electrons. The molecule has 0 fully saturated rings. The van der Waals surface area contributed by atoms with Gasteiger partial charge in [-0.15, -0.1) is 0 Å². The minimum Gasteiger partial charge on any atom is -0.310 e. The standard InChI is InChI=1S/C98H78BN5/c1-96(2,3)73-39-27-37-67(51-73)83-55-71(77-41-21-19-35-69(77)61-100)53-81(64-31-15-11-16-32-64)94(83)103-89-57-66(63-29-13-10-14-30-63)47-49-85(89)99-86-50-48-76(102-87-45-25-23-43-79(87)80-44-24-26-46-88(80)102)60-90(86)104(92-59-75(98(7,8)9)58-91(103)93(92)99)95-82(65-33-17-12-18-34-65)54-72(78-42-22-20-36-70(78)62-101)56-84(95)68-38-28-40-74(52-68)97(4,5)6/h10-60H,1-9H3. The van der Waals surface area contributed by atoms with Crippen molar-refractivity contribution in [3.05, 3.63) is 337 Å². The molecule has 0 saturated carbocycles. The largest absolute Gasteiger partial charge is 0.310 e. The summed E-state index contributed by atoms with van der Waals surface area (Å²) in [7, 11) is 0. The van der Waals surface area contributed by atoms with Crippen LogP contribution in [0.3, 0.4) is 0 Å². The quantitative estimate of drug-likeness (QED) is 0.128. The number of hydrogen-bond acceptors (Lipinski definition) is 4. The smallest absolute Gasteiger partial charge is 0.252 e. The van der Waals surface area contributed by atoms with Crippen LogP contribution in [0, 0.1) is 22.7 Å². The fourth-order valence-electron chi connectivity index (χ4n) is 16.2. The molecular weight excluding hydrogens is 1260 g/mol. The molecule has 0 N–H and O–H groups in total. The molecule has 0 amide bonds. The van der Waals surface area contributed by atoms with Gasteiger partial charge in [-0.25, -0.2) is 0 Å². The molecule has 104 heavy (non-hydrogen) atoms. The summed E-state index contributed by atoms with van der Waals surface area (Å²) in [5.74, 6) is 0. The van der Waals surface area contributed by atoms with Crippen LogP contribution in [0.5, 0.6) is 0 Å². The number of hydrogen-bond donors (Lipinski definition) is 0. The molecule has 6 heteroatoms. The lowest BCUT2D eigenvalue weighted by Crippen LogP contribution is -2.61. The first kappa shape index (κ1) is 64.9. The number of anilines is 6. The number of para-hydroxylation sites is 2. The van der Waals surface area contributed by atoms with Gasteiger partial charge in [-0.2, -0.15) is 10.5 Å². The number of fused-ring (bicyclic) bond motifs is 7. The van der Waals surface area contributed by atoms with Crippen LogP contribution >= 0.6 is 0 Å². The van der Waals surface area contributed by atoms with Gasteiger partial charge in [0.2, 0.25) is 0 Å². The Morgan fingerprint density at radius 2 is 0.663 bits per heavy atom. The molecule has 0 atom stereocenters. The average Bonchev–Trinajstić information content (AvgIpc) is 0.743. The van der Waals surface area contributed by atoms with Gasteiger partial charge in [-0.3, -0.25) is 0 Å². The highest BCUT2D eigenvalue weighted by atomic mass is 15.2. The maximum atomic E-state index is 11.0. The van der Waals surface area contributed by atoms with Crippen LogP contribution in [0.15, 0.2) is 309 Å². The van der Waals surface area contributed by atoms with E-state index < -0.39 is 5.41 Å². The van der Waals surface area contributed by atoms with E-state index in [2.05, 4.69) is 368 Å². The Labute approximate surface area is 611 Å². The lowest BCUT2D eigenvalue weighted by Gasteiger charge is -2.46. The van der Waals surface area contributed by atoms with Crippen molar-refractivity contribution in [3.8, 4) is 95.7 Å². The summed E-state index contributed by atoms with van der Waals surface area (Å²) in [5.41, 5.74) is 31.4. The first-order valence-electron chi connectivity index (χ1n) is 36.2. The summed E-state index contributed by atoms with van der Waals surface area (Å²) in [6, 6.07) is 119. The molecule has 0 spiro atoms. The maximum absolute atomic E-state index is 11.0. The van der Waals surface area contributed by atoms with Gasteiger partial charge in [0.1, 0.15) is 0 Å². The van der Waals surface area contributed by atoms with Gasteiger partial charge in [-0.1, -0.05) is 293 Å². The molecule has 5 nitrogen and oxygen atoms in total. The van der Waals surface area contributed by atoms with E-state index in [1.807, 2.05) is 30.3 Å². The van der Waals surface area contributed by atoms with Crippen LogP contribution in [0.4, 0.5) is 34.1 Å². The van der Waals surface area contributed by atoms with E-state index in [-0.39, 0.29) is 17.5 Å². The number of benzene rings is 14. The first-order chi connectivity index (χ1) is 50.4. The second-order valence-electron chi connectivity index (χ2n) is 31.1. The maximum Gasteiger partial charge on any atom is 0.252 e. The fraction of sp³-hybridized carbons (Fsp3) is 0.122. The normalized spacial score (nSPS) is 12.6. The Bertz CT molecular complexity index is 5970. The zero-order valence-electron chi connectivity index (χ0n) is 60.3. The third-order valence-electron chi connectivity index (χ3n) is 21.5. The number of aromatic nitrogens is 1.